The van der Waals surface area contributed by atoms with Crippen molar-refractivity contribution in [3.63, 3.8) is 0 Å². The smallest absolute Gasteiger partial charge is 0.328 e. The Kier molecular flexibility index (Phi) is 8.77. The number of amides is 3. The van der Waals surface area contributed by atoms with Gasteiger partial charge in [0, 0.05) is 6.42 Å². The van der Waals surface area contributed by atoms with Crippen molar-refractivity contribution in [3.8, 4) is 0 Å². The van der Waals surface area contributed by atoms with Crippen molar-refractivity contribution in [2.45, 2.75) is 44.0 Å². The van der Waals surface area contributed by atoms with Crippen molar-refractivity contribution in [1.29, 1.82) is 0 Å². The normalized spacial score (nSPS) is 15.8. The molecule has 0 bridgehead atoms. The van der Waals surface area contributed by atoms with E-state index in [2.05, 4.69) is 5.32 Å². The van der Waals surface area contributed by atoms with Crippen LogP contribution in [0.2, 0.25) is 0 Å². The summed E-state index contributed by atoms with van der Waals surface area (Å²) in [7, 11) is 0. The molecule has 0 heterocycles. The topological polar surface area (TPSA) is 205 Å². The van der Waals surface area contributed by atoms with Gasteiger partial charge in [-0.2, -0.15) is 0 Å². The number of carboxylic acid groups (broad SMARTS) is 1. The Labute approximate surface area is 132 Å². The molecule has 0 aromatic heterocycles. The maximum Gasteiger partial charge on any atom is 0.328 e. The Hall–Kier alpha value is -2.24. The van der Waals surface area contributed by atoms with E-state index in [9.17, 15) is 24.3 Å². The first-order valence-corrected chi connectivity index (χ1v) is 6.76. The second-order valence-corrected chi connectivity index (χ2v) is 4.91. The Morgan fingerprint density at radius 3 is 2.00 bits per heavy atom. The van der Waals surface area contributed by atoms with Crippen molar-refractivity contribution in [2.75, 3.05) is 6.61 Å². The molecule has 0 fully saturated rings. The van der Waals surface area contributed by atoms with Gasteiger partial charge in [0.25, 0.3) is 0 Å². The molecule has 3 amide bonds. The van der Waals surface area contributed by atoms with Gasteiger partial charge < -0.3 is 37.4 Å². The molecule has 11 nitrogen and oxygen atoms in total. The third-order valence-corrected chi connectivity index (χ3v) is 2.93. The van der Waals surface area contributed by atoms with Crippen molar-refractivity contribution in [3.05, 3.63) is 0 Å². The van der Waals surface area contributed by atoms with Crippen LogP contribution in [0.1, 0.15) is 19.8 Å². The fourth-order valence-corrected chi connectivity index (χ4v) is 1.50. The van der Waals surface area contributed by atoms with Crippen molar-refractivity contribution in [2.24, 2.45) is 11.5 Å². The van der Waals surface area contributed by atoms with Gasteiger partial charge in [0.15, 0.2) is 0 Å². The first-order valence-electron chi connectivity index (χ1n) is 6.76. The highest BCUT2D eigenvalue weighted by Crippen LogP contribution is 2.01. The minimum atomic E-state index is -1.57. The van der Waals surface area contributed by atoms with Crippen LogP contribution in [0.15, 0.2) is 0 Å². The number of hydrogen-bond acceptors (Lipinski definition) is 7. The van der Waals surface area contributed by atoms with E-state index in [4.69, 9.17) is 21.7 Å². The second-order valence-electron chi connectivity index (χ2n) is 4.91. The molecule has 11 heteroatoms. The van der Waals surface area contributed by atoms with Crippen LogP contribution in [-0.4, -0.2) is 69.8 Å². The first-order chi connectivity index (χ1) is 10.6. The van der Waals surface area contributed by atoms with Crippen LogP contribution in [-0.2, 0) is 19.2 Å². The lowest BCUT2D eigenvalue weighted by Gasteiger charge is -2.22. The maximum absolute atomic E-state index is 12.0. The van der Waals surface area contributed by atoms with E-state index < -0.39 is 54.5 Å². The zero-order valence-electron chi connectivity index (χ0n) is 12.6. The summed E-state index contributed by atoms with van der Waals surface area (Å²) in [6.45, 7) is 0.416. The number of carbonyl (C=O) groups is 4. The average Bonchev–Trinajstić information content (AvgIpc) is 2.46. The summed E-state index contributed by atoms with van der Waals surface area (Å²) in [4.78, 5) is 45.4. The summed E-state index contributed by atoms with van der Waals surface area (Å²) in [6, 6.07) is -4.18. The van der Waals surface area contributed by atoms with Gasteiger partial charge in [0.2, 0.25) is 17.7 Å². The molecule has 23 heavy (non-hydrogen) atoms. The molecule has 9 N–H and O–H groups in total. The molecule has 0 saturated carbocycles. The molecule has 4 atom stereocenters. The van der Waals surface area contributed by atoms with Gasteiger partial charge in [-0.15, -0.1) is 0 Å². The van der Waals surface area contributed by atoms with Gasteiger partial charge in [-0.05, 0) is 13.3 Å². The number of aliphatic hydroxyl groups is 2. The van der Waals surface area contributed by atoms with Crippen molar-refractivity contribution in [1.82, 2.24) is 10.6 Å². The summed E-state index contributed by atoms with van der Waals surface area (Å²) in [5.41, 5.74) is 10.4. The highest BCUT2D eigenvalue weighted by molar-refractivity contribution is 5.92. The van der Waals surface area contributed by atoms with Crippen LogP contribution in [0.4, 0.5) is 0 Å². The van der Waals surface area contributed by atoms with Crippen LogP contribution >= 0.6 is 0 Å². The SMILES string of the molecule is CC(O)C(N)C(=O)NC(CCC(N)=O)C(=O)NC(CO)C(=O)O. The van der Waals surface area contributed by atoms with Crippen LogP contribution in [0.3, 0.4) is 0 Å². The molecule has 0 radical (unpaired) electrons. The maximum atomic E-state index is 12.0. The first kappa shape index (κ1) is 20.8. The zero-order chi connectivity index (χ0) is 18.2. The summed E-state index contributed by atoms with van der Waals surface area (Å²) in [5.74, 6) is -3.99. The van der Waals surface area contributed by atoms with Crippen LogP contribution < -0.4 is 22.1 Å². The summed E-state index contributed by atoms with van der Waals surface area (Å²) in [5, 5.41) is 31.1. The van der Waals surface area contributed by atoms with Crippen molar-refractivity contribution >= 4 is 23.7 Å². The van der Waals surface area contributed by atoms with Gasteiger partial charge in [-0.1, -0.05) is 0 Å². The largest absolute Gasteiger partial charge is 0.480 e. The predicted octanol–water partition coefficient (Wildman–Crippen LogP) is -3.99. The number of rotatable bonds is 10. The zero-order valence-corrected chi connectivity index (χ0v) is 12.6. The van der Waals surface area contributed by atoms with E-state index in [-0.39, 0.29) is 12.8 Å². The predicted molar refractivity (Wildman–Crippen MR) is 76.7 cm³/mol. The van der Waals surface area contributed by atoms with Crippen LogP contribution in [0.25, 0.3) is 0 Å². The number of nitrogens with two attached hydrogens (primary N) is 2. The number of aliphatic hydroxyl groups excluding tert-OH is 2. The molecule has 0 aliphatic heterocycles. The van der Waals surface area contributed by atoms with E-state index in [1.165, 1.54) is 6.92 Å². The molecule has 0 aromatic rings. The lowest BCUT2D eigenvalue weighted by molar-refractivity contribution is -0.143. The molecule has 4 unspecified atom stereocenters. The molecule has 0 aromatic carbocycles. The lowest BCUT2D eigenvalue weighted by Crippen LogP contribution is -2.56. The third kappa shape index (κ3) is 7.54. The monoisotopic (exact) mass is 334 g/mol. The molecule has 0 aliphatic rings. The van der Waals surface area contributed by atoms with E-state index in [0.717, 1.165) is 0 Å². The fourth-order valence-electron chi connectivity index (χ4n) is 1.50. The second kappa shape index (κ2) is 9.71. The molecular weight excluding hydrogens is 312 g/mol. The van der Waals surface area contributed by atoms with E-state index in [1.54, 1.807) is 0 Å². The number of primary amides is 1. The minimum absolute atomic E-state index is 0.197. The minimum Gasteiger partial charge on any atom is -0.480 e. The number of aliphatic carboxylic acids is 1. The van der Waals surface area contributed by atoms with Gasteiger partial charge in [0.1, 0.15) is 18.1 Å². The molecule has 0 aliphatic carbocycles. The standard InChI is InChI=1S/C12H22N4O7/c1-5(18)9(14)11(21)15-6(2-3-8(13)19)10(20)16-7(4-17)12(22)23/h5-7,9,17-18H,2-4,14H2,1H3,(H2,13,19)(H,15,21)(H,16,20)(H,22,23). The Morgan fingerprint density at radius 2 is 1.61 bits per heavy atom. The number of hydrogen-bond donors (Lipinski definition) is 7. The Balaban J connectivity index is 4.98. The molecule has 132 valence electrons. The van der Waals surface area contributed by atoms with E-state index in [0.29, 0.717) is 0 Å². The van der Waals surface area contributed by atoms with Gasteiger partial charge in [-0.3, -0.25) is 14.4 Å². The van der Waals surface area contributed by atoms with Gasteiger partial charge >= 0.3 is 5.97 Å². The lowest BCUT2D eigenvalue weighted by atomic mass is 10.1. The van der Waals surface area contributed by atoms with Gasteiger partial charge in [0.05, 0.1) is 12.7 Å². The van der Waals surface area contributed by atoms with Crippen molar-refractivity contribution < 1.29 is 34.5 Å². The summed E-state index contributed by atoms with van der Waals surface area (Å²) >= 11 is 0. The quantitative estimate of drug-likeness (QED) is 0.209. The fraction of sp³-hybridized carbons (Fsp3) is 0.667. The van der Waals surface area contributed by atoms with Gasteiger partial charge in [-0.25, -0.2) is 4.79 Å². The van der Waals surface area contributed by atoms with E-state index >= 15 is 0 Å². The molecule has 0 rings (SSSR count). The molecule has 0 saturated heterocycles. The van der Waals surface area contributed by atoms with Crippen LogP contribution in [0, 0.1) is 0 Å². The number of carboxylic acids is 1. The third-order valence-electron chi connectivity index (χ3n) is 2.93. The summed E-state index contributed by atoms with van der Waals surface area (Å²) in [6.07, 6.45) is -1.63. The van der Waals surface area contributed by atoms with Crippen LogP contribution in [0.5, 0.6) is 0 Å². The number of nitrogens with one attached hydrogen (secondary N) is 2. The average molecular weight is 334 g/mol. The molecular formula is C12H22N4O7. The Bertz CT molecular complexity index is 455. The van der Waals surface area contributed by atoms with E-state index in [1.807, 2.05) is 5.32 Å². The highest BCUT2D eigenvalue weighted by Gasteiger charge is 2.28. The highest BCUT2D eigenvalue weighted by atomic mass is 16.4. The summed E-state index contributed by atoms with van der Waals surface area (Å²) < 4.78 is 0. The molecule has 0 spiro atoms. The Morgan fingerprint density at radius 1 is 1.09 bits per heavy atom. The number of carbonyl (C=O) groups excluding carboxylic acids is 3.